The maximum absolute atomic E-state index is 5.83. The van der Waals surface area contributed by atoms with E-state index in [1.165, 1.54) is 0 Å². The molecule has 0 spiro atoms. The number of hydrogen-bond donors (Lipinski definition) is 0. The molecule has 2 rings (SSSR count). The van der Waals surface area contributed by atoms with Crippen LogP contribution >= 0.6 is 27.5 Å². The summed E-state index contributed by atoms with van der Waals surface area (Å²) in [7, 11) is 0. The van der Waals surface area contributed by atoms with Crippen molar-refractivity contribution >= 4 is 27.5 Å². The summed E-state index contributed by atoms with van der Waals surface area (Å²) >= 11 is 9.16. The van der Waals surface area contributed by atoms with Gasteiger partial charge in [0.1, 0.15) is 10.9 Å². The first-order chi connectivity index (χ1) is 5.29. The molecule has 0 fully saturated rings. The maximum atomic E-state index is 5.83. The zero-order valence-corrected chi connectivity index (χ0v) is 7.94. The van der Waals surface area contributed by atoms with E-state index in [0.717, 1.165) is 22.2 Å². The largest absolute Gasteiger partial charge is 0.492 e. The number of aromatic nitrogens is 1. The Morgan fingerprint density at radius 2 is 2.45 bits per heavy atom. The van der Waals surface area contributed by atoms with Crippen LogP contribution in [0.5, 0.6) is 5.75 Å². The van der Waals surface area contributed by atoms with Crippen molar-refractivity contribution in [2.24, 2.45) is 0 Å². The number of ether oxygens (including phenoxy) is 1. The smallest absolute Gasteiger partial charge is 0.141 e. The van der Waals surface area contributed by atoms with Gasteiger partial charge in [-0.15, -0.1) is 0 Å². The summed E-state index contributed by atoms with van der Waals surface area (Å²) in [6, 6.07) is 0. The van der Waals surface area contributed by atoms with E-state index < -0.39 is 0 Å². The average Bonchev–Trinajstić information content (AvgIpc) is 2.45. The molecule has 1 aromatic heterocycles. The fourth-order valence-corrected chi connectivity index (χ4v) is 1.80. The highest BCUT2D eigenvalue weighted by atomic mass is 79.9. The fraction of sp³-hybridized carbons (Fsp3) is 0.286. The molecule has 0 bridgehead atoms. The third-order valence-electron chi connectivity index (χ3n) is 1.63. The van der Waals surface area contributed by atoms with Gasteiger partial charge in [-0.05, 0) is 15.9 Å². The van der Waals surface area contributed by atoms with Crippen molar-refractivity contribution in [3.63, 3.8) is 0 Å². The molecular formula is C7H5BrClNO. The predicted molar refractivity (Wildman–Crippen MR) is 46.1 cm³/mol. The first-order valence-corrected chi connectivity index (χ1v) is 4.42. The highest BCUT2D eigenvalue weighted by Gasteiger charge is 2.18. The second kappa shape index (κ2) is 2.64. The molecule has 0 radical (unpaired) electrons. The summed E-state index contributed by atoms with van der Waals surface area (Å²) < 4.78 is 6.22. The van der Waals surface area contributed by atoms with Crippen molar-refractivity contribution < 1.29 is 4.74 Å². The third kappa shape index (κ3) is 1.12. The second-order valence-corrected chi connectivity index (χ2v) is 3.52. The van der Waals surface area contributed by atoms with Crippen LogP contribution in [-0.4, -0.2) is 11.6 Å². The predicted octanol–water partition coefficient (Wildman–Crippen LogP) is 2.43. The molecular weight excluding hydrogens is 229 g/mol. The summed E-state index contributed by atoms with van der Waals surface area (Å²) in [6.07, 6.45) is 2.52. The van der Waals surface area contributed by atoms with Crippen LogP contribution in [0, 0.1) is 0 Å². The molecule has 58 valence electrons. The number of hydrogen-bond acceptors (Lipinski definition) is 2. The normalized spacial score (nSPS) is 14.4. The fourth-order valence-electron chi connectivity index (χ4n) is 1.12. The van der Waals surface area contributed by atoms with Crippen LogP contribution in [-0.2, 0) is 6.42 Å². The Labute approximate surface area is 77.7 Å². The summed E-state index contributed by atoms with van der Waals surface area (Å²) in [5, 5.41) is 0.556. The lowest BCUT2D eigenvalue weighted by molar-refractivity contribution is 0.355. The van der Waals surface area contributed by atoms with Gasteiger partial charge in [-0.2, -0.15) is 0 Å². The molecule has 11 heavy (non-hydrogen) atoms. The van der Waals surface area contributed by atoms with E-state index in [-0.39, 0.29) is 0 Å². The molecule has 0 saturated carbocycles. The molecule has 0 unspecified atom stereocenters. The van der Waals surface area contributed by atoms with Crippen LogP contribution in [0.4, 0.5) is 0 Å². The Kier molecular flexibility index (Phi) is 1.77. The number of halogens is 2. The lowest BCUT2D eigenvalue weighted by atomic mass is 10.2. The highest BCUT2D eigenvalue weighted by Crippen LogP contribution is 2.36. The van der Waals surface area contributed by atoms with E-state index >= 15 is 0 Å². The van der Waals surface area contributed by atoms with Gasteiger partial charge >= 0.3 is 0 Å². The van der Waals surface area contributed by atoms with E-state index in [4.69, 9.17) is 16.3 Å². The average molecular weight is 234 g/mol. The van der Waals surface area contributed by atoms with Gasteiger partial charge in [-0.25, -0.2) is 4.98 Å². The van der Waals surface area contributed by atoms with E-state index in [0.29, 0.717) is 11.8 Å². The van der Waals surface area contributed by atoms with Gasteiger partial charge in [0.15, 0.2) is 0 Å². The molecule has 2 nitrogen and oxygen atoms in total. The lowest BCUT2D eigenvalue weighted by Gasteiger charge is -2.01. The van der Waals surface area contributed by atoms with Crippen LogP contribution in [0.1, 0.15) is 5.56 Å². The van der Waals surface area contributed by atoms with Crippen LogP contribution in [0.3, 0.4) is 0 Å². The molecule has 1 aliphatic rings. The topological polar surface area (TPSA) is 22.1 Å². The third-order valence-corrected chi connectivity index (χ3v) is 2.52. The first kappa shape index (κ1) is 7.37. The summed E-state index contributed by atoms with van der Waals surface area (Å²) in [6.45, 7) is 0.708. The van der Waals surface area contributed by atoms with Gasteiger partial charge in [-0.1, -0.05) is 11.6 Å². The van der Waals surface area contributed by atoms with E-state index in [2.05, 4.69) is 20.9 Å². The molecule has 0 atom stereocenters. The molecule has 2 heterocycles. The van der Waals surface area contributed by atoms with Gasteiger partial charge < -0.3 is 4.74 Å². The van der Waals surface area contributed by atoms with E-state index in [9.17, 15) is 0 Å². The quantitative estimate of drug-likeness (QED) is 0.643. The molecule has 1 aromatic rings. The van der Waals surface area contributed by atoms with Gasteiger partial charge in [0.2, 0.25) is 0 Å². The van der Waals surface area contributed by atoms with Crippen molar-refractivity contribution in [2.45, 2.75) is 6.42 Å². The zero-order valence-electron chi connectivity index (χ0n) is 5.60. The van der Waals surface area contributed by atoms with Gasteiger partial charge in [-0.3, -0.25) is 0 Å². The van der Waals surface area contributed by atoms with Crippen LogP contribution < -0.4 is 4.74 Å². The number of rotatable bonds is 0. The molecule has 1 aliphatic heterocycles. The Morgan fingerprint density at radius 1 is 1.64 bits per heavy atom. The Balaban J connectivity index is 2.64. The summed E-state index contributed by atoms with van der Waals surface area (Å²) in [5.74, 6) is 0.852. The molecule has 0 N–H and O–H groups in total. The maximum Gasteiger partial charge on any atom is 0.141 e. The van der Waals surface area contributed by atoms with Crippen molar-refractivity contribution in [1.82, 2.24) is 4.98 Å². The van der Waals surface area contributed by atoms with Gasteiger partial charge in [0.25, 0.3) is 0 Å². The minimum atomic E-state index is 0.556. The SMILES string of the molecule is Clc1ncc(Br)c2c1CCO2. The molecule has 0 saturated heterocycles. The highest BCUT2D eigenvalue weighted by molar-refractivity contribution is 9.10. The van der Waals surface area contributed by atoms with Gasteiger partial charge in [0.05, 0.1) is 11.1 Å². The Bertz CT molecular complexity index is 274. The first-order valence-electron chi connectivity index (χ1n) is 3.24. The Hall–Kier alpha value is -0.280. The molecule has 4 heteroatoms. The van der Waals surface area contributed by atoms with Crippen molar-refractivity contribution in [1.29, 1.82) is 0 Å². The lowest BCUT2D eigenvalue weighted by Crippen LogP contribution is -1.86. The monoisotopic (exact) mass is 233 g/mol. The van der Waals surface area contributed by atoms with Crippen molar-refractivity contribution in [3.8, 4) is 5.75 Å². The molecule has 0 aliphatic carbocycles. The van der Waals surface area contributed by atoms with Gasteiger partial charge in [0, 0.05) is 18.2 Å². The van der Waals surface area contributed by atoms with E-state index in [1.807, 2.05) is 0 Å². The van der Waals surface area contributed by atoms with Crippen LogP contribution in [0.25, 0.3) is 0 Å². The summed E-state index contributed by atoms with van der Waals surface area (Å²) in [4.78, 5) is 3.99. The molecule has 0 amide bonds. The Morgan fingerprint density at radius 3 is 3.18 bits per heavy atom. The number of fused-ring (bicyclic) bond motifs is 1. The zero-order chi connectivity index (χ0) is 7.84. The van der Waals surface area contributed by atoms with Crippen molar-refractivity contribution in [3.05, 3.63) is 21.4 Å². The van der Waals surface area contributed by atoms with Crippen LogP contribution in [0.2, 0.25) is 5.15 Å². The minimum Gasteiger partial charge on any atom is -0.492 e. The summed E-state index contributed by atoms with van der Waals surface area (Å²) in [5.41, 5.74) is 1.01. The van der Waals surface area contributed by atoms with Crippen LogP contribution in [0.15, 0.2) is 10.7 Å². The second-order valence-electron chi connectivity index (χ2n) is 2.30. The molecule has 0 aromatic carbocycles. The van der Waals surface area contributed by atoms with E-state index in [1.54, 1.807) is 6.20 Å². The minimum absolute atomic E-state index is 0.556. The van der Waals surface area contributed by atoms with Crippen molar-refractivity contribution in [2.75, 3.05) is 6.61 Å². The number of nitrogens with zero attached hydrogens (tertiary/aromatic N) is 1. The number of pyridine rings is 1. The standard InChI is InChI=1S/C7H5BrClNO/c8-5-3-10-7(9)4-1-2-11-6(4)5/h3H,1-2H2.